The molecular weight excluding hydrogens is 316 g/mol. The van der Waals surface area contributed by atoms with Crippen LogP contribution in [0.3, 0.4) is 0 Å². The standard InChI is InChI=1S/C11H14N4O4S2/c1-3-15-6-12-14-10(15)5-13-21(18,19)9-4-8(11(16)17)20-7(9)2/h4,6,13H,3,5H2,1-2H3,(H,16,17). The SMILES string of the molecule is CCn1cnnc1CNS(=O)(=O)c1cc(C(=O)O)sc1C. The minimum absolute atomic E-state index is 0.00609. The Kier molecular flexibility index (Phi) is 4.40. The average Bonchev–Trinajstić information content (AvgIpc) is 3.02. The van der Waals surface area contributed by atoms with E-state index in [9.17, 15) is 13.2 Å². The maximum atomic E-state index is 12.2. The van der Waals surface area contributed by atoms with Crippen molar-refractivity contribution in [1.82, 2.24) is 19.5 Å². The smallest absolute Gasteiger partial charge is 0.345 e. The van der Waals surface area contributed by atoms with Crippen LogP contribution < -0.4 is 4.72 Å². The number of carbonyl (C=O) groups is 1. The van der Waals surface area contributed by atoms with E-state index in [1.54, 1.807) is 11.5 Å². The molecule has 0 aromatic carbocycles. The summed E-state index contributed by atoms with van der Waals surface area (Å²) in [5.74, 6) is -0.650. The number of aromatic nitrogens is 3. The number of nitrogens with zero attached hydrogens (tertiary/aromatic N) is 3. The zero-order chi connectivity index (χ0) is 15.6. The first-order valence-electron chi connectivity index (χ1n) is 6.05. The Morgan fingerprint density at radius 1 is 1.52 bits per heavy atom. The van der Waals surface area contributed by atoms with Gasteiger partial charge in [-0.15, -0.1) is 21.5 Å². The number of hydrogen-bond acceptors (Lipinski definition) is 6. The van der Waals surface area contributed by atoms with E-state index in [4.69, 9.17) is 5.11 Å². The fourth-order valence-electron chi connectivity index (χ4n) is 1.75. The first kappa shape index (κ1) is 15.6. The highest BCUT2D eigenvalue weighted by atomic mass is 32.2. The van der Waals surface area contributed by atoms with Gasteiger partial charge in [0.1, 0.15) is 17.0 Å². The van der Waals surface area contributed by atoms with Crippen LogP contribution in [-0.4, -0.2) is 34.3 Å². The van der Waals surface area contributed by atoms with Crippen molar-refractivity contribution >= 4 is 27.3 Å². The van der Waals surface area contributed by atoms with Gasteiger partial charge in [0.05, 0.1) is 11.4 Å². The van der Waals surface area contributed by atoms with Gasteiger partial charge in [-0.3, -0.25) is 0 Å². The second-order valence-corrected chi connectivity index (χ2v) is 7.19. The molecule has 0 unspecified atom stereocenters. The molecule has 0 bridgehead atoms. The Balaban J connectivity index is 2.21. The fourth-order valence-corrected chi connectivity index (χ4v) is 4.16. The zero-order valence-corrected chi connectivity index (χ0v) is 13.0. The zero-order valence-electron chi connectivity index (χ0n) is 11.4. The Bertz CT molecular complexity index is 763. The minimum atomic E-state index is -3.79. The molecule has 2 N–H and O–H groups in total. The number of thiophene rings is 1. The molecule has 114 valence electrons. The summed E-state index contributed by atoms with van der Waals surface area (Å²) in [5, 5.41) is 16.5. The maximum absolute atomic E-state index is 12.2. The van der Waals surface area contributed by atoms with Gasteiger partial charge in [0.15, 0.2) is 0 Å². The second kappa shape index (κ2) is 5.92. The van der Waals surface area contributed by atoms with E-state index in [0.717, 1.165) is 17.4 Å². The molecule has 0 spiro atoms. The molecule has 0 amide bonds. The predicted molar refractivity (Wildman–Crippen MR) is 75.7 cm³/mol. The van der Waals surface area contributed by atoms with Crippen LogP contribution >= 0.6 is 11.3 Å². The largest absolute Gasteiger partial charge is 0.477 e. The van der Waals surface area contributed by atoms with Gasteiger partial charge in [-0.2, -0.15) is 0 Å². The van der Waals surface area contributed by atoms with Gasteiger partial charge in [-0.1, -0.05) is 0 Å². The van der Waals surface area contributed by atoms with Crippen LogP contribution in [-0.2, 0) is 23.1 Å². The molecule has 0 aliphatic carbocycles. The number of nitrogens with one attached hydrogen (secondary N) is 1. The molecule has 2 heterocycles. The van der Waals surface area contributed by atoms with Crippen molar-refractivity contribution in [1.29, 1.82) is 0 Å². The first-order chi connectivity index (χ1) is 9.85. The van der Waals surface area contributed by atoms with Gasteiger partial charge < -0.3 is 9.67 Å². The van der Waals surface area contributed by atoms with Crippen LogP contribution in [0, 0.1) is 6.92 Å². The normalized spacial score (nSPS) is 11.7. The summed E-state index contributed by atoms with van der Waals surface area (Å²) in [4.78, 5) is 11.3. The fraction of sp³-hybridized carbons (Fsp3) is 0.364. The second-order valence-electron chi connectivity index (χ2n) is 4.19. The Morgan fingerprint density at radius 2 is 2.24 bits per heavy atom. The van der Waals surface area contributed by atoms with Gasteiger partial charge in [0.25, 0.3) is 0 Å². The lowest BCUT2D eigenvalue weighted by molar-refractivity contribution is 0.0702. The van der Waals surface area contributed by atoms with E-state index in [1.165, 1.54) is 6.33 Å². The Morgan fingerprint density at radius 3 is 2.81 bits per heavy atom. The summed E-state index contributed by atoms with van der Waals surface area (Å²) < 4.78 is 28.6. The van der Waals surface area contributed by atoms with Crippen LogP contribution in [0.5, 0.6) is 0 Å². The Labute approximate surface area is 125 Å². The lowest BCUT2D eigenvalue weighted by atomic mass is 10.4. The molecule has 10 heteroatoms. The van der Waals surface area contributed by atoms with E-state index >= 15 is 0 Å². The van der Waals surface area contributed by atoms with Crippen molar-refractivity contribution in [2.24, 2.45) is 0 Å². The number of aromatic carboxylic acids is 1. The molecule has 0 atom stereocenters. The highest BCUT2D eigenvalue weighted by Crippen LogP contribution is 2.25. The molecular formula is C11H14N4O4S2. The summed E-state index contributed by atoms with van der Waals surface area (Å²) in [6.07, 6.45) is 1.52. The van der Waals surface area contributed by atoms with Gasteiger partial charge in [0, 0.05) is 11.4 Å². The number of carboxylic acid groups (broad SMARTS) is 1. The molecule has 0 aliphatic rings. The summed E-state index contributed by atoms with van der Waals surface area (Å²) >= 11 is 0.928. The third kappa shape index (κ3) is 3.28. The average molecular weight is 330 g/mol. The molecule has 21 heavy (non-hydrogen) atoms. The molecule has 0 radical (unpaired) electrons. The lowest BCUT2D eigenvalue weighted by Crippen LogP contribution is -2.25. The molecule has 0 saturated heterocycles. The number of carboxylic acids is 1. The summed E-state index contributed by atoms with van der Waals surface area (Å²) in [7, 11) is -3.79. The van der Waals surface area contributed by atoms with Gasteiger partial charge >= 0.3 is 5.97 Å². The van der Waals surface area contributed by atoms with Crippen LogP contribution in [0.25, 0.3) is 0 Å². The lowest BCUT2D eigenvalue weighted by Gasteiger charge is -2.06. The topological polar surface area (TPSA) is 114 Å². The monoisotopic (exact) mass is 330 g/mol. The van der Waals surface area contributed by atoms with Gasteiger partial charge in [0.2, 0.25) is 10.0 Å². The molecule has 2 aromatic heterocycles. The maximum Gasteiger partial charge on any atom is 0.345 e. The minimum Gasteiger partial charge on any atom is -0.477 e. The third-order valence-corrected chi connectivity index (χ3v) is 5.52. The van der Waals surface area contributed by atoms with Crippen LogP contribution in [0.2, 0.25) is 0 Å². The van der Waals surface area contributed by atoms with Crippen molar-refractivity contribution < 1.29 is 18.3 Å². The highest BCUT2D eigenvalue weighted by Gasteiger charge is 2.22. The van der Waals surface area contributed by atoms with E-state index in [0.29, 0.717) is 17.2 Å². The molecule has 0 fully saturated rings. The third-order valence-electron chi connectivity index (χ3n) is 2.83. The molecule has 0 saturated carbocycles. The van der Waals surface area contributed by atoms with E-state index in [-0.39, 0.29) is 16.3 Å². The van der Waals surface area contributed by atoms with Crippen molar-refractivity contribution in [3.8, 4) is 0 Å². The quantitative estimate of drug-likeness (QED) is 0.811. The van der Waals surface area contributed by atoms with Crippen molar-refractivity contribution in [2.45, 2.75) is 31.8 Å². The van der Waals surface area contributed by atoms with Crippen molar-refractivity contribution in [3.63, 3.8) is 0 Å². The van der Waals surface area contributed by atoms with Gasteiger partial charge in [-0.05, 0) is 19.9 Å². The molecule has 2 aromatic rings. The molecule has 2 rings (SSSR count). The van der Waals surface area contributed by atoms with E-state index in [2.05, 4.69) is 14.9 Å². The van der Waals surface area contributed by atoms with Crippen molar-refractivity contribution in [3.05, 3.63) is 28.0 Å². The number of hydrogen-bond donors (Lipinski definition) is 2. The Hall–Kier alpha value is -1.78. The van der Waals surface area contributed by atoms with E-state index in [1.807, 2.05) is 6.92 Å². The summed E-state index contributed by atoms with van der Waals surface area (Å²) in [6.45, 7) is 4.09. The molecule has 0 aliphatic heterocycles. The van der Waals surface area contributed by atoms with Crippen LogP contribution in [0.15, 0.2) is 17.3 Å². The predicted octanol–water partition coefficient (Wildman–Crippen LogP) is 0.845. The first-order valence-corrected chi connectivity index (χ1v) is 8.35. The van der Waals surface area contributed by atoms with Gasteiger partial charge in [-0.25, -0.2) is 17.9 Å². The number of sulfonamides is 1. The number of rotatable bonds is 6. The van der Waals surface area contributed by atoms with Crippen LogP contribution in [0.1, 0.15) is 27.3 Å². The summed E-state index contributed by atoms with van der Waals surface area (Å²) in [6, 6.07) is 1.16. The summed E-state index contributed by atoms with van der Waals surface area (Å²) in [5.41, 5.74) is 0. The number of aryl methyl sites for hydroxylation is 2. The molecule has 8 nitrogen and oxygen atoms in total. The highest BCUT2D eigenvalue weighted by molar-refractivity contribution is 7.89. The van der Waals surface area contributed by atoms with Crippen molar-refractivity contribution in [2.75, 3.05) is 0 Å². The van der Waals surface area contributed by atoms with E-state index < -0.39 is 16.0 Å². The van der Waals surface area contributed by atoms with Crippen LogP contribution in [0.4, 0.5) is 0 Å².